The summed E-state index contributed by atoms with van der Waals surface area (Å²) in [5.74, 6) is 0.726. The molecule has 0 atom stereocenters. The summed E-state index contributed by atoms with van der Waals surface area (Å²) in [4.78, 5) is 4.68. The Morgan fingerprint density at radius 1 is 1.11 bits per heavy atom. The van der Waals surface area contributed by atoms with E-state index in [4.69, 9.17) is 0 Å². The Kier molecular flexibility index (Phi) is 4.71. The minimum Gasteiger partial charge on any atom is -0.316 e. The zero-order chi connectivity index (χ0) is 12.8. The SMILES string of the molecule is CC(C)CNCCCc1ccc2ccccc2n1. The van der Waals surface area contributed by atoms with Crippen LogP contribution in [0.1, 0.15) is 26.0 Å². The molecule has 0 saturated carbocycles. The first-order valence-corrected chi connectivity index (χ1v) is 6.81. The van der Waals surface area contributed by atoms with Crippen LogP contribution in [0.4, 0.5) is 0 Å². The highest BCUT2D eigenvalue weighted by atomic mass is 14.8. The largest absolute Gasteiger partial charge is 0.316 e. The van der Waals surface area contributed by atoms with Gasteiger partial charge in [-0.1, -0.05) is 38.1 Å². The van der Waals surface area contributed by atoms with E-state index in [2.05, 4.69) is 54.5 Å². The van der Waals surface area contributed by atoms with Gasteiger partial charge in [-0.15, -0.1) is 0 Å². The minimum absolute atomic E-state index is 0.726. The normalized spacial score (nSPS) is 11.3. The number of para-hydroxylation sites is 1. The molecular formula is C16H22N2. The third-order valence-corrected chi connectivity index (χ3v) is 3.00. The molecule has 1 aromatic heterocycles. The average Bonchev–Trinajstić information content (AvgIpc) is 2.38. The molecule has 0 radical (unpaired) electrons. The van der Waals surface area contributed by atoms with Crippen LogP contribution in [0.3, 0.4) is 0 Å². The fourth-order valence-corrected chi connectivity index (χ4v) is 2.03. The summed E-state index contributed by atoms with van der Waals surface area (Å²) in [5, 5.41) is 4.69. The molecule has 0 saturated heterocycles. The Labute approximate surface area is 109 Å². The zero-order valence-electron chi connectivity index (χ0n) is 11.3. The number of fused-ring (bicyclic) bond motifs is 1. The van der Waals surface area contributed by atoms with Crippen molar-refractivity contribution in [1.82, 2.24) is 10.3 Å². The minimum atomic E-state index is 0.726. The molecule has 18 heavy (non-hydrogen) atoms. The number of rotatable bonds is 6. The summed E-state index contributed by atoms with van der Waals surface area (Å²) in [6, 6.07) is 12.6. The molecule has 2 heteroatoms. The fraction of sp³-hybridized carbons (Fsp3) is 0.438. The Morgan fingerprint density at radius 3 is 2.78 bits per heavy atom. The van der Waals surface area contributed by atoms with Gasteiger partial charge in [0.2, 0.25) is 0 Å². The quantitative estimate of drug-likeness (QED) is 0.785. The molecule has 96 valence electrons. The smallest absolute Gasteiger partial charge is 0.0705 e. The third kappa shape index (κ3) is 3.81. The van der Waals surface area contributed by atoms with E-state index >= 15 is 0 Å². The predicted molar refractivity (Wildman–Crippen MR) is 77.8 cm³/mol. The maximum Gasteiger partial charge on any atom is 0.0705 e. The van der Waals surface area contributed by atoms with Crippen molar-refractivity contribution in [2.75, 3.05) is 13.1 Å². The molecule has 0 aliphatic carbocycles. The predicted octanol–water partition coefficient (Wildman–Crippen LogP) is 3.41. The molecule has 0 aliphatic rings. The molecule has 0 aliphatic heterocycles. The molecule has 1 heterocycles. The highest BCUT2D eigenvalue weighted by molar-refractivity contribution is 5.78. The summed E-state index contributed by atoms with van der Waals surface area (Å²) in [6.07, 6.45) is 2.20. The second kappa shape index (κ2) is 6.50. The number of nitrogens with one attached hydrogen (secondary N) is 1. The monoisotopic (exact) mass is 242 g/mol. The van der Waals surface area contributed by atoms with Crippen molar-refractivity contribution < 1.29 is 0 Å². The van der Waals surface area contributed by atoms with Crippen molar-refractivity contribution >= 4 is 10.9 Å². The molecule has 2 rings (SSSR count). The summed E-state index contributed by atoms with van der Waals surface area (Å²) < 4.78 is 0. The second-order valence-corrected chi connectivity index (χ2v) is 5.20. The summed E-state index contributed by atoms with van der Waals surface area (Å²) in [5.41, 5.74) is 2.30. The van der Waals surface area contributed by atoms with Gasteiger partial charge in [0.25, 0.3) is 0 Å². The van der Waals surface area contributed by atoms with E-state index in [-0.39, 0.29) is 0 Å². The van der Waals surface area contributed by atoms with E-state index in [1.54, 1.807) is 0 Å². The molecule has 0 amide bonds. The number of hydrogen-bond donors (Lipinski definition) is 1. The Hall–Kier alpha value is -1.41. The average molecular weight is 242 g/mol. The fourth-order valence-electron chi connectivity index (χ4n) is 2.03. The molecule has 1 aromatic carbocycles. The summed E-state index contributed by atoms with van der Waals surface area (Å²) in [7, 11) is 0. The highest BCUT2D eigenvalue weighted by Gasteiger charge is 1.98. The van der Waals surface area contributed by atoms with Gasteiger partial charge >= 0.3 is 0 Å². The van der Waals surface area contributed by atoms with Crippen LogP contribution < -0.4 is 5.32 Å². The number of hydrogen-bond acceptors (Lipinski definition) is 2. The number of pyridine rings is 1. The lowest BCUT2D eigenvalue weighted by Gasteiger charge is -2.07. The lowest BCUT2D eigenvalue weighted by atomic mass is 10.1. The number of aromatic nitrogens is 1. The van der Waals surface area contributed by atoms with Crippen molar-refractivity contribution in [3.63, 3.8) is 0 Å². The molecule has 0 unspecified atom stereocenters. The van der Waals surface area contributed by atoms with Crippen LogP contribution >= 0.6 is 0 Å². The van der Waals surface area contributed by atoms with Crippen molar-refractivity contribution in [3.05, 3.63) is 42.1 Å². The lowest BCUT2D eigenvalue weighted by molar-refractivity contribution is 0.542. The first kappa shape index (κ1) is 13.0. The Bertz CT molecular complexity index is 491. The van der Waals surface area contributed by atoms with E-state index in [0.29, 0.717) is 0 Å². The molecule has 0 bridgehead atoms. The van der Waals surface area contributed by atoms with Gasteiger partial charge in [-0.2, -0.15) is 0 Å². The first-order valence-electron chi connectivity index (χ1n) is 6.81. The van der Waals surface area contributed by atoms with Crippen LogP contribution in [0, 0.1) is 5.92 Å². The van der Waals surface area contributed by atoms with Crippen LogP contribution in [0.25, 0.3) is 10.9 Å². The number of benzene rings is 1. The summed E-state index contributed by atoms with van der Waals surface area (Å²) >= 11 is 0. The Morgan fingerprint density at radius 2 is 1.94 bits per heavy atom. The van der Waals surface area contributed by atoms with Gasteiger partial charge in [-0.25, -0.2) is 0 Å². The molecule has 0 fully saturated rings. The molecule has 2 nitrogen and oxygen atoms in total. The van der Waals surface area contributed by atoms with Crippen molar-refractivity contribution in [2.24, 2.45) is 5.92 Å². The highest BCUT2D eigenvalue weighted by Crippen LogP contribution is 2.12. The van der Waals surface area contributed by atoms with E-state index in [0.717, 1.165) is 37.4 Å². The van der Waals surface area contributed by atoms with Crippen LogP contribution in [0.2, 0.25) is 0 Å². The van der Waals surface area contributed by atoms with Gasteiger partial charge < -0.3 is 5.32 Å². The van der Waals surface area contributed by atoms with Crippen molar-refractivity contribution in [1.29, 1.82) is 0 Å². The van der Waals surface area contributed by atoms with Gasteiger partial charge in [-0.3, -0.25) is 4.98 Å². The second-order valence-electron chi connectivity index (χ2n) is 5.20. The Balaban J connectivity index is 1.84. The number of aryl methyl sites for hydroxylation is 1. The maximum absolute atomic E-state index is 4.68. The van der Waals surface area contributed by atoms with Gasteiger partial charge in [0.15, 0.2) is 0 Å². The number of nitrogens with zero attached hydrogens (tertiary/aromatic N) is 1. The van der Waals surface area contributed by atoms with Crippen LogP contribution in [0.5, 0.6) is 0 Å². The van der Waals surface area contributed by atoms with Gasteiger partial charge in [0.05, 0.1) is 5.52 Å². The topological polar surface area (TPSA) is 24.9 Å². The van der Waals surface area contributed by atoms with E-state index < -0.39 is 0 Å². The van der Waals surface area contributed by atoms with Gasteiger partial charge in [0, 0.05) is 11.1 Å². The molecule has 2 aromatic rings. The first-order chi connectivity index (χ1) is 8.75. The maximum atomic E-state index is 4.68. The van der Waals surface area contributed by atoms with E-state index in [1.807, 2.05) is 6.07 Å². The van der Waals surface area contributed by atoms with E-state index in [1.165, 1.54) is 11.1 Å². The van der Waals surface area contributed by atoms with Gasteiger partial charge in [-0.05, 0) is 44.0 Å². The van der Waals surface area contributed by atoms with Gasteiger partial charge in [0.1, 0.15) is 0 Å². The van der Waals surface area contributed by atoms with Crippen LogP contribution in [-0.4, -0.2) is 18.1 Å². The summed E-state index contributed by atoms with van der Waals surface area (Å²) in [6.45, 7) is 6.65. The van der Waals surface area contributed by atoms with Crippen molar-refractivity contribution in [2.45, 2.75) is 26.7 Å². The molecular weight excluding hydrogens is 220 g/mol. The molecule has 0 spiro atoms. The lowest BCUT2D eigenvalue weighted by Crippen LogP contribution is -2.21. The third-order valence-electron chi connectivity index (χ3n) is 3.00. The van der Waals surface area contributed by atoms with Crippen molar-refractivity contribution in [3.8, 4) is 0 Å². The zero-order valence-corrected chi connectivity index (χ0v) is 11.3. The van der Waals surface area contributed by atoms with Crippen LogP contribution in [0.15, 0.2) is 36.4 Å². The molecule has 1 N–H and O–H groups in total. The van der Waals surface area contributed by atoms with E-state index in [9.17, 15) is 0 Å². The standard InChI is InChI=1S/C16H22N2/c1-13(2)12-17-11-5-7-15-10-9-14-6-3-4-8-16(14)18-15/h3-4,6,8-10,13,17H,5,7,11-12H2,1-2H3. The van der Waals surface area contributed by atoms with Crippen LogP contribution in [-0.2, 0) is 6.42 Å².